The Bertz CT molecular complexity index is 1000. The van der Waals surface area contributed by atoms with Crippen LogP contribution in [0.4, 0.5) is 0 Å². The minimum Gasteiger partial charge on any atom is -0.337 e. The van der Waals surface area contributed by atoms with Crippen LogP contribution in [0, 0.1) is 19.8 Å². The maximum absolute atomic E-state index is 12.9. The Hall–Kier alpha value is -2.99. The molecule has 1 saturated heterocycles. The first-order chi connectivity index (χ1) is 15.0. The van der Waals surface area contributed by atoms with Crippen LogP contribution in [0.15, 0.2) is 53.1 Å². The number of hydrogen-bond acceptors (Lipinski definition) is 5. The molecule has 0 bridgehead atoms. The van der Waals surface area contributed by atoms with Gasteiger partial charge in [-0.1, -0.05) is 64.8 Å². The highest BCUT2D eigenvalue weighted by Gasteiger charge is 2.28. The van der Waals surface area contributed by atoms with Gasteiger partial charge in [-0.05, 0) is 45.3 Å². The second kappa shape index (κ2) is 9.43. The van der Waals surface area contributed by atoms with Gasteiger partial charge in [0.15, 0.2) is 0 Å². The number of nitrogens with zero attached hydrogens (tertiary/aromatic N) is 4. The van der Waals surface area contributed by atoms with Crippen LogP contribution in [0.2, 0.25) is 0 Å². The number of hydrogen-bond donors (Lipinski definition) is 0. The van der Waals surface area contributed by atoms with E-state index in [0.29, 0.717) is 18.3 Å². The summed E-state index contributed by atoms with van der Waals surface area (Å²) in [7, 11) is 1.82. The highest BCUT2D eigenvalue weighted by molar-refractivity contribution is 5.78. The number of rotatable bonds is 6. The molecule has 0 aliphatic carbocycles. The molecule has 4 rings (SSSR count). The second-order valence-electron chi connectivity index (χ2n) is 8.61. The van der Waals surface area contributed by atoms with Crippen molar-refractivity contribution in [2.24, 2.45) is 5.92 Å². The molecule has 31 heavy (non-hydrogen) atoms. The molecule has 0 spiro atoms. The lowest BCUT2D eigenvalue weighted by Crippen LogP contribution is -2.40. The maximum atomic E-state index is 12.9. The minimum absolute atomic E-state index is 0.0544. The van der Waals surface area contributed by atoms with Gasteiger partial charge in [-0.25, -0.2) is 0 Å². The predicted octanol–water partition coefficient (Wildman–Crippen LogP) is 4.22. The van der Waals surface area contributed by atoms with Crippen LogP contribution in [0.3, 0.4) is 0 Å². The smallest absolute Gasteiger partial charge is 0.246 e. The van der Waals surface area contributed by atoms with Crippen molar-refractivity contribution in [3.05, 3.63) is 71.1 Å². The number of aromatic nitrogens is 2. The molecule has 6 heteroatoms. The Kier molecular flexibility index (Phi) is 6.47. The van der Waals surface area contributed by atoms with Gasteiger partial charge in [-0.15, -0.1) is 0 Å². The third kappa shape index (κ3) is 5.39. The largest absolute Gasteiger partial charge is 0.337 e. The summed E-state index contributed by atoms with van der Waals surface area (Å²) in [5.41, 5.74) is 4.70. The number of amides is 1. The molecular weight excluding hydrogens is 388 g/mol. The molecule has 1 aliphatic heterocycles. The topological polar surface area (TPSA) is 62.5 Å². The normalized spacial score (nSPS) is 15.2. The van der Waals surface area contributed by atoms with Crippen LogP contribution >= 0.6 is 0 Å². The molecule has 1 aromatic heterocycles. The Balaban J connectivity index is 1.28. The summed E-state index contributed by atoms with van der Waals surface area (Å²) in [4.78, 5) is 21.5. The van der Waals surface area contributed by atoms with Gasteiger partial charge >= 0.3 is 0 Å². The average molecular weight is 419 g/mol. The Morgan fingerprint density at radius 3 is 2.29 bits per heavy atom. The number of piperidine rings is 1. The molecule has 1 aliphatic rings. The number of aryl methyl sites for hydroxylation is 2. The lowest BCUT2D eigenvalue weighted by Gasteiger charge is -2.33. The van der Waals surface area contributed by atoms with Crippen LogP contribution in [-0.4, -0.2) is 46.0 Å². The highest BCUT2D eigenvalue weighted by Crippen LogP contribution is 2.22. The van der Waals surface area contributed by atoms with Crippen molar-refractivity contribution in [1.82, 2.24) is 19.9 Å². The Morgan fingerprint density at radius 1 is 1.03 bits per heavy atom. The van der Waals surface area contributed by atoms with Gasteiger partial charge in [0, 0.05) is 25.1 Å². The predicted molar refractivity (Wildman–Crippen MR) is 120 cm³/mol. The van der Waals surface area contributed by atoms with Crippen molar-refractivity contribution in [3.63, 3.8) is 0 Å². The third-order valence-corrected chi connectivity index (χ3v) is 5.99. The number of carbonyl (C=O) groups is 1. The number of likely N-dealkylation sites (tertiary alicyclic amines) is 1. The van der Waals surface area contributed by atoms with Gasteiger partial charge in [-0.2, -0.15) is 4.98 Å². The van der Waals surface area contributed by atoms with Crippen molar-refractivity contribution in [3.8, 4) is 11.4 Å². The van der Waals surface area contributed by atoms with E-state index in [-0.39, 0.29) is 11.8 Å². The van der Waals surface area contributed by atoms with E-state index in [1.165, 1.54) is 16.7 Å². The zero-order valence-electron chi connectivity index (χ0n) is 18.5. The van der Waals surface area contributed by atoms with Crippen molar-refractivity contribution >= 4 is 5.91 Å². The van der Waals surface area contributed by atoms with E-state index < -0.39 is 0 Å². The standard InChI is InChI=1S/C25H30N4O2/c1-18-4-8-20(9-5-18)16-29-14-12-22(13-15-29)25(30)28(3)17-23-26-24(27-31-23)21-10-6-19(2)7-11-21/h4-11,22H,12-17H2,1-3H3. The molecule has 0 saturated carbocycles. The first-order valence-electron chi connectivity index (χ1n) is 10.9. The van der Waals surface area contributed by atoms with Gasteiger partial charge < -0.3 is 9.42 Å². The molecule has 3 aromatic rings. The summed E-state index contributed by atoms with van der Waals surface area (Å²) in [5.74, 6) is 1.23. The SMILES string of the molecule is Cc1ccc(CN2CCC(C(=O)N(C)Cc3nc(-c4ccc(C)cc4)no3)CC2)cc1. The van der Waals surface area contributed by atoms with Crippen LogP contribution in [0.1, 0.15) is 35.4 Å². The van der Waals surface area contributed by atoms with Crippen LogP contribution < -0.4 is 0 Å². The Labute approximate surface area is 183 Å². The molecule has 2 aromatic carbocycles. The second-order valence-corrected chi connectivity index (χ2v) is 8.61. The van der Waals surface area contributed by atoms with Crippen molar-refractivity contribution in [1.29, 1.82) is 0 Å². The van der Waals surface area contributed by atoms with Gasteiger partial charge in [0.05, 0.1) is 6.54 Å². The van der Waals surface area contributed by atoms with Gasteiger partial charge in [0.25, 0.3) is 0 Å². The van der Waals surface area contributed by atoms with Crippen molar-refractivity contribution in [2.45, 2.75) is 39.8 Å². The van der Waals surface area contributed by atoms with Crippen LogP contribution in [0.5, 0.6) is 0 Å². The third-order valence-electron chi connectivity index (χ3n) is 5.99. The van der Waals surface area contributed by atoms with Gasteiger partial charge in [-0.3, -0.25) is 9.69 Å². The molecule has 1 fully saturated rings. The molecule has 0 unspecified atom stereocenters. The van der Waals surface area contributed by atoms with E-state index >= 15 is 0 Å². The molecule has 0 radical (unpaired) electrons. The number of carbonyl (C=O) groups excluding carboxylic acids is 1. The van der Waals surface area contributed by atoms with E-state index in [1.807, 2.05) is 38.2 Å². The summed E-state index contributed by atoms with van der Waals surface area (Å²) in [6.45, 7) is 7.31. The summed E-state index contributed by atoms with van der Waals surface area (Å²) in [6.07, 6.45) is 1.76. The summed E-state index contributed by atoms with van der Waals surface area (Å²) >= 11 is 0. The summed E-state index contributed by atoms with van der Waals surface area (Å²) < 4.78 is 5.39. The molecule has 162 valence electrons. The van der Waals surface area contributed by atoms with E-state index in [1.54, 1.807) is 4.90 Å². The maximum Gasteiger partial charge on any atom is 0.246 e. The summed E-state index contributed by atoms with van der Waals surface area (Å²) in [5, 5.41) is 4.07. The molecule has 0 N–H and O–H groups in total. The molecule has 2 heterocycles. The zero-order chi connectivity index (χ0) is 21.8. The fourth-order valence-corrected chi connectivity index (χ4v) is 4.02. The number of benzene rings is 2. The molecule has 6 nitrogen and oxygen atoms in total. The van der Waals surface area contributed by atoms with E-state index in [4.69, 9.17) is 4.52 Å². The lowest BCUT2D eigenvalue weighted by molar-refractivity contribution is -0.136. The van der Waals surface area contributed by atoms with Crippen LogP contribution in [-0.2, 0) is 17.9 Å². The quantitative estimate of drug-likeness (QED) is 0.600. The zero-order valence-corrected chi connectivity index (χ0v) is 18.5. The van der Waals surface area contributed by atoms with Crippen molar-refractivity contribution < 1.29 is 9.32 Å². The molecule has 1 amide bonds. The first kappa shape index (κ1) is 21.2. The lowest BCUT2D eigenvalue weighted by atomic mass is 9.95. The van der Waals surface area contributed by atoms with Crippen molar-refractivity contribution in [2.75, 3.05) is 20.1 Å². The molecule has 0 atom stereocenters. The fourth-order valence-electron chi connectivity index (χ4n) is 4.02. The average Bonchev–Trinajstić information content (AvgIpc) is 3.24. The van der Waals surface area contributed by atoms with E-state index in [9.17, 15) is 4.79 Å². The monoisotopic (exact) mass is 418 g/mol. The summed E-state index contributed by atoms with van der Waals surface area (Å²) in [6, 6.07) is 16.7. The molecular formula is C25H30N4O2. The highest BCUT2D eigenvalue weighted by atomic mass is 16.5. The first-order valence-corrected chi connectivity index (χ1v) is 10.9. The Morgan fingerprint density at radius 2 is 1.65 bits per heavy atom. The van der Waals surface area contributed by atoms with Crippen LogP contribution in [0.25, 0.3) is 11.4 Å². The van der Waals surface area contributed by atoms with E-state index in [0.717, 1.165) is 38.0 Å². The van der Waals surface area contributed by atoms with Gasteiger partial charge in [0.2, 0.25) is 17.6 Å². The van der Waals surface area contributed by atoms with Gasteiger partial charge in [0.1, 0.15) is 0 Å². The fraction of sp³-hybridized carbons (Fsp3) is 0.400. The van der Waals surface area contributed by atoms with E-state index in [2.05, 4.69) is 46.2 Å². The minimum atomic E-state index is 0.0544.